The molecule has 0 aliphatic carbocycles. The number of hydrogen-bond acceptors (Lipinski definition) is 4. The van der Waals surface area contributed by atoms with Crippen LogP contribution in [0.1, 0.15) is 45.3 Å². The SMILES string of the molecule is CCCCC(CC)CN1C(=O)C(=Cc2ccco2)SC1=S. The summed E-state index contributed by atoms with van der Waals surface area (Å²) in [5, 5.41) is 0. The van der Waals surface area contributed by atoms with Crippen molar-refractivity contribution in [3.8, 4) is 0 Å². The molecule has 0 saturated carbocycles. The zero-order valence-electron chi connectivity index (χ0n) is 12.5. The van der Waals surface area contributed by atoms with Gasteiger partial charge in [-0.05, 0) is 24.5 Å². The number of carbonyl (C=O) groups is 1. The summed E-state index contributed by atoms with van der Waals surface area (Å²) >= 11 is 6.73. The highest BCUT2D eigenvalue weighted by atomic mass is 32.2. The molecule has 1 aromatic rings. The molecular weight excluding hydrogens is 302 g/mol. The second kappa shape index (κ2) is 7.80. The lowest BCUT2D eigenvalue weighted by Gasteiger charge is -2.21. The molecule has 1 amide bonds. The van der Waals surface area contributed by atoms with Crippen LogP contribution in [0.3, 0.4) is 0 Å². The van der Waals surface area contributed by atoms with Crippen LogP contribution in [0.2, 0.25) is 0 Å². The van der Waals surface area contributed by atoms with Gasteiger partial charge in [0.15, 0.2) is 0 Å². The molecule has 0 aromatic carbocycles. The Balaban J connectivity index is 2.04. The number of hydrogen-bond donors (Lipinski definition) is 0. The van der Waals surface area contributed by atoms with Crippen LogP contribution in [-0.4, -0.2) is 21.7 Å². The van der Waals surface area contributed by atoms with Crippen molar-refractivity contribution in [1.29, 1.82) is 0 Å². The van der Waals surface area contributed by atoms with E-state index in [0.717, 1.165) is 19.4 Å². The monoisotopic (exact) mass is 323 g/mol. The first-order chi connectivity index (χ1) is 10.2. The molecule has 1 aromatic heterocycles. The fourth-order valence-electron chi connectivity index (χ4n) is 2.34. The molecule has 5 heteroatoms. The van der Waals surface area contributed by atoms with Crippen LogP contribution < -0.4 is 0 Å². The van der Waals surface area contributed by atoms with E-state index in [1.807, 2.05) is 12.1 Å². The minimum absolute atomic E-state index is 0.0105. The zero-order chi connectivity index (χ0) is 15.2. The van der Waals surface area contributed by atoms with Gasteiger partial charge in [-0.3, -0.25) is 9.69 Å². The van der Waals surface area contributed by atoms with E-state index in [9.17, 15) is 4.79 Å². The van der Waals surface area contributed by atoms with Crippen LogP contribution >= 0.6 is 24.0 Å². The molecule has 1 fully saturated rings. The van der Waals surface area contributed by atoms with Crippen LogP contribution in [0.15, 0.2) is 27.7 Å². The van der Waals surface area contributed by atoms with Crippen molar-refractivity contribution in [3.63, 3.8) is 0 Å². The maximum absolute atomic E-state index is 12.5. The molecule has 2 rings (SSSR count). The standard InChI is InChI=1S/C16H21NO2S2/c1-3-5-7-12(4-2)11-17-15(18)14(21-16(17)20)10-13-8-6-9-19-13/h6,8-10,12H,3-5,7,11H2,1-2H3. The Hall–Kier alpha value is -1.07. The van der Waals surface area contributed by atoms with E-state index in [0.29, 0.717) is 20.9 Å². The van der Waals surface area contributed by atoms with Crippen molar-refractivity contribution in [2.45, 2.75) is 39.5 Å². The van der Waals surface area contributed by atoms with Gasteiger partial charge in [-0.2, -0.15) is 0 Å². The summed E-state index contributed by atoms with van der Waals surface area (Å²) in [4.78, 5) is 14.9. The topological polar surface area (TPSA) is 33.5 Å². The van der Waals surface area contributed by atoms with Crippen molar-refractivity contribution in [2.24, 2.45) is 5.92 Å². The number of unbranched alkanes of at least 4 members (excludes halogenated alkanes) is 1. The molecule has 0 N–H and O–H groups in total. The van der Waals surface area contributed by atoms with Gasteiger partial charge in [0.05, 0.1) is 11.2 Å². The average Bonchev–Trinajstić information content (AvgIpc) is 3.07. The Morgan fingerprint density at radius 3 is 2.90 bits per heavy atom. The number of carbonyl (C=O) groups excluding carboxylic acids is 1. The highest BCUT2D eigenvalue weighted by molar-refractivity contribution is 8.26. The van der Waals surface area contributed by atoms with Gasteiger partial charge in [0, 0.05) is 12.6 Å². The summed E-state index contributed by atoms with van der Waals surface area (Å²) in [6, 6.07) is 3.65. The van der Waals surface area contributed by atoms with Crippen molar-refractivity contribution in [2.75, 3.05) is 6.54 Å². The summed E-state index contributed by atoms with van der Waals surface area (Å²) in [5.41, 5.74) is 0. The first-order valence-corrected chi connectivity index (χ1v) is 8.67. The van der Waals surface area contributed by atoms with E-state index in [4.69, 9.17) is 16.6 Å². The van der Waals surface area contributed by atoms with Crippen molar-refractivity contribution < 1.29 is 9.21 Å². The van der Waals surface area contributed by atoms with Gasteiger partial charge in [0.2, 0.25) is 0 Å². The van der Waals surface area contributed by atoms with E-state index in [1.54, 1.807) is 17.2 Å². The number of thioether (sulfide) groups is 1. The van der Waals surface area contributed by atoms with Gasteiger partial charge in [0.1, 0.15) is 10.1 Å². The molecule has 3 nitrogen and oxygen atoms in total. The number of thiocarbonyl (C=S) groups is 1. The minimum atomic E-state index is 0.0105. The minimum Gasteiger partial charge on any atom is -0.465 e. The molecule has 1 unspecified atom stereocenters. The van der Waals surface area contributed by atoms with Gasteiger partial charge in [-0.15, -0.1) is 0 Å². The van der Waals surface area contributed by atoms with Gasteiger partial charge in [-0.25, -0.2) is 0 Å². The van der Waals surface area contributed by atoms with E-state index in [2.05, 4.69) is 13.8 Å². The highest BCUT2D eigenvalue weighted by Gasteiger charge is 2.33. The predicted molar refractivity (Wildman–Crippen MR) is 91.9 cm³/mol. The highest BCUT2D eigenvalue weighted by Crippen LogP contribution is 2.33. The third-order valence-corrected chi connectivity index (χ3v) is 5.05. The first-order valence-electron chi connectivity index (χ1n) is 7.44. The Bertz CT molecular complexity index is 522. The number of nitrogens with zero attached hydrogens (tertiary/aromatic N) is 1. The van der Waals surface area contributed by atoms with Gasteiger partial charge >= 0.3 is 0 Å². The molecule has 21 heavy (non-hydrogen) atoms. The molecule has 1 atom stereocenters. The fourth-order valence-corrected chi connectivity index (χ4v) is 3.59. The Morgan fingerprint density at radius 1 is 1.48 bits per heavy atom. The van der Waals surface area contributed by atoms with Gasteiger partial charge in [0.25, 0.3) is 5.91 Å². The second-order valence-electron chi connectivity index (χ2n) is 5.22. The van der Waals surface area contributed by atoms with E-state index in [1.165, 1.54) is 24.6 Å². The van der Waals surface area contributed by atoms with Crippen LogP contribution in [-0.2, 0) is 4.79 Å². The van der Waals surface area contributed by atoms with Crippen molar-refractivity contribution >= 4 is 40.3 Å². The Morgan fingerprint density at radius 2 is 2.29 bits per heavy atom. The molecule has 0 bridgehead atoms. The molecule has 1 aliphatic rings. The number of furan rings is 1. The van der Waals surface area contributed by atoms with Crippen LogP contribution in [0.25, 0.3) is 6.08 Å². The van der Waals surface area contributed by atoms with E-state index >= 15 is 0 Å². The van der Waals surface area contributed by atoms with Gasteiger partial charge in [-0.1, -0.05) is 57.1 Å². The number of amides is 1. The van der Waals surface area contributed by atoms with Crippen LogP contribution in [0, 0.1) is 5.92 Å². The molecule has 1 aliphatic heterocycles. The normalized spacial score (nSPS) is 18.8. The predicted octanol–water partition coefficient (Wildman–Crippen LogP) is 4.70. The fraction of sp³-hybridized carbons (Fsp3) is 0.500. The lowest BCUT2D eigenvalue weighted by molar-refractivity contribution is -0.122. The van der Waals surface area contributed by atoms with E-state index < -0.39 is 0 Å². The first kappa shape index (κ1) is 16.3. The molecule has 2 heterocycles. The molecule has 0 spiro atoms. The molecule has 1 saturated heterocycles. The quantitative estimate of drug-likeness (QED) is 0.538. The maximum atomic E-state index is 12.5. The zero-order valence-corrected chi connectivity index (χ0v) is 14.1. The lowest BCUT2D eigenvalue weighted by Crippen LogP contribution is -2.33. The molecular formula is C16H21NO2S2. The number of rotatable bonds is 7. The summed E-state index contributed by atoms with van der Waals surface area (Å²) in [6.45, 7) is 5.10. The lowest BCUT2D eigenvalue weighted by atomic mass is 9.99. The van der Waals surface area contributed by atoms with E-state index in [-0.39, 0.29) is 5.91 Å². The van der Waals surface area contributed by atoms with Crippen LogP contribution in [0.5, 0.6) is 0 Å². The Labute approximate surface area is 135 Å². The largest absolute Gasteiger partial charge is 0.465 e. The third-order valence-electron chi connectivity index (χ3n) is 3.67. The summed E-state index contributed by atoms with van der Waals surface area (Å²) in [7, 11) is 0. The average molecular weight is 323 g/mol. The smallest absolute Gasteiger partial charge is 0.266 e. The van der Waals surface area contributed by atoms with Crippen molar-refractivity contribution in [1.82, 2.24) is 4.90 Å². The molecule has 0 radical (unpaired) electrons. The molecule has 114 valence electrons. The summed E-state index contributed by atoms with van der Waals surface area (Å²) in [5.74, 6) is 1.22. The van der Waals surface area contributed by atoms with Gasteiger partial charge < -0.3 is 4.42 Å². The second-order valence-corrected chi connectivity index (χ2v) is 6.90. The van der Waals surface area contributed by atoms with Crippen LogP contribution in [0.4, 0.5) is 0 Å². The third kappa shape index (κ3) is 4.20. The van der Waals surface area contributed by atoms with Crippen molar-refractivity contribution in [3.05, 3.63) is 29.1 Å². The maximum Gasteiger partial charge on any atom is 0.266 e. The summed E-state index contributed by atoms with van der Waals surface area (Å²) < 4.78 is 5.93. The summed E-state index contributed by atoms with van der Waals surface area (Å²) in [6.07, 6.45) is 8.00. The Kier molecular flexibility index (Phi) is 6.06.